The molecule has 4 heterocycles. The normalized spacial score (nSPS) is 11.3. The first-order valence-electron chi connectivity index (χ1n) is 13.1. The highest BCUT2D eigenvalue weighted by Crippen LogP contribution is 2.32. The Labute approximate surface area is 226 Å². The number of aromatic nitrogens is 6. The van der Waals surface area contributed by atoms with Crippen molar-refractivity contribution in [2.24, 2.45) is 0 Å². The highest BCUT2D eigenvalue weighted by molar-refractivity contribution is 7.13. The zero-order valence-electron chi connectivity index (χ0n) is 21.2. The predicted molar refractivity (Wildman–Crippen MR) is 154 cm³/mol. The van der Waals surface area contributed by atoms with E-state index in [1.54, 1.807) is 22.7 Å². The topological polar surface area (TPSA) is 69.4 Å². The molecule has 0 aliphatic rings. The molecule has 0 amide bonds. The van der Waals surface area contributed by atoms with E-state index in [9.17, 15) is 0 Å². The molecule has 0 spiro atoms. The van der Waals surface area contributed by atoms with E-state index in [1.165, 1.54) is 44.9 Å². The molecule has 0 radical (unpaired) electrons. The number of hydrogen-bond donors (Lipinski definition) is 0. The van der Waals surface area contributed by atoms with Crippen molar-refractivity contribution in [3.05, 3.63) is 65.7 Å². The molecule has 0 aliphatic carbocycles. The molecule has 4 aromatic heterocycles. The lowest BCUT2D eigenvalue weighted by Gasteiger charge is -2.08. The van der Waals surface area contributed by atoms with Crippen LogP contribution in [0.15, 0.2) is 65.7 Å². The van der Waals surface area contributed by atoms with E-state index < -0.39 is 0 Å². The summed E-state index contributed by atoms with van der Waals surface area (Å²) in [6, 6.07) is 12.7. The SMILES string of the molecule is CCCCCCCCCCn1cc(-c2ccc(-c3cc(-c4nccs4)nc(-c4nccs4)c3)cc2)nn1. The molecule has 6 nitrogen and oxygen atoms in total. The number of pyridine rings is 1. The van der Waals surface area contributed by atoms with E-state index in [1.807, 2.05) is 27.8 Å². The van der Waals surface area contributed by atoms with Gasteiger partial charge in [0, 0.05) is 35.3 Å². The van der Waals surface area contributed by atoms with Gasteiger partial charge < -0.3 is 0 Å². The van der Waals surface area contributed by atoms with Crippen LogP contribution >= 0.6 is 22.7 Å². The third kappa shape index (κ3) is 6.76. The van der Waals surface area contributed by atoms with E-state index in [2.05, 4.69) is 69.8 Å². The van der Waals surface area contributed by atoms with Gasteiger partial charge in [-0.05, 0) is 29.7 Å². The fraction of sp³-hybridized carbons (Fsp3) is 0.345. The van der Waals surface area contributed by atoms with Crippen molar-refractivity contribution >= 4 is 22.7 Å². The number of unbranched alkanes of at least 4 members (excludes halogenated alkanes) is 7. The molecular weight excluding hydrogens is 496 g/mol. The molecule has 0 bridgehead atoms. The van der Waals surface area contributed by atoms with Gasteiger partial charge in [-0.1, -0.05) is 81.3 Å². The molecule has 0 unspecified atom stereocenters. The van der Waals surface area contributed by atoms with Gasteiger partial charge in [0.25, 0.3) is 0 Å². The van der Waals surface area contributed by atoms with Gasteiger partial charge in [-0.2, -0.15) is 0 Å². The van der Waals surface area contributed by atoms with Crippen LogP contribution in [0.2, 0.25) is 0 Å². The van der Waals surface area contributed by atoms with Crippen LogP contribution < -0.4 is 0 Å². The van der Waals surface area contributed by atoms with Crippen LogP contribution in [0.3, 0.4) is 0 Å². The summed E-state index contributed by atoms with van der Waals surface area (Å²) in [5, 5.41) is 14.5. The van der Waals surface area contributed by atoms with Crippen molar-refractivity contribution in [2.75, 3.05) is 0 Å². The Morgan fingerprint density at radius 2 is 1.27 bits per heavy atom. The summed E-state index contributed by atoms with van der Waals surface area (Å²) in [7, 11) is 0. The van der Waals surface area contributed by atoms with Gasteiger partial charge in [-0.3, -0.25) is 4.68 Å². The first kappa shape index (κ1) is 25.4. The Balaban J connectivity index is 1.25. The predicted octanol–water partition coefficient (Wildman–Crippen LogP) is 8.39. The van der Waals surface area contributed by atoms with Crippen LogP contribution in [0.5, 0.6) is 0 Å². The van der Waals surface area contributed by atoms with Gasteiger partial charge in [0.1, 0.15) is 27.1 Å². The lowest BCUT2D eigenvalue weighted by molar-refractivity contribution is 0.511. The molecule has 5 rings (SSSR count). The minimum Gasteiger partial charge on any atom is -0.252 e. The Morgan fingerprint density at radius 1 is 0.676 bits per heavy atom. The zero-order valence-corrected chi connectivity index (χ0v) is 22.8. The Hall–Kier alpha value is -3.23. The van der Waals surface area contributed by atoms with Crippen LogP contribution in [0.4, 0.5) is 0 Å². The molecular formula is C29H32N6S2. The lowest BCUT2D eigenvalue weighted by Crippen LogP contribution is -1.98. The second kappa shape index (κ2) is 12.8. The van der Waals surface area contributed by atoms with Crippen LogP contribution in [-0.4, -0.2) is 29.9 Å². The fourth-order valence-electron chi connectivity index (χ4n) is 4.40. The maximum atomic E-state index is 4.84. The highest BCUT2D eigenvalue weighted by Gasteiger charge is 2.12. The first-order valence-corrected chi connectivity index (χ1v) is 14.9. The number of benzene rings is 1. The maximum absolute atomic E-state index is 4.84. The molecule has 0 aliphatic heterocycles. The van der Waals surface area contributed by atoms with Crippen LogP contribution in [0.25, 0.3) is 43.8 Å². The minimum absolute atomic E-state index is 0.866. The summed E-state index contributed by atoms with van der Waals surface area (Å²) in [5.74, 6) is 0. The largest absolute Gasteiger partial charge is 0.252 e. The van der Waals surface area contributed by atoms with E-state index in [0.717, 1.165) is 56.8 Å². The molecule has 37 heavy (non-hydrogen) atoms. The van der Waals surface area contributed by atoms with Crippen molar-refractivity contribution < 1.29 is 0 Å². The molecule has 0 saturated heterocycles. The van der Waals surface area contributed by atoms with E-state index in [0.29, 0.717) is 0 Å². The second-order valence-corrected chi connectivity index (χ2v) is 11.0. The van der Waals surface area contributed by atoms with Crippen LogP contribution in [0.1, 0.15) is 58.3 Å². The summed E-state index contributed by atoms with van der Waals surface area (Å²) in [4.78, 5) is 13.8. The monoisotopic (exact) mass is 528 g/mol. The number of nitrogens with zero attached hydrogens (tertiary/aromatic N) is 6. The van der Waals surface area contributed by atoms with E-state index in [4.69, 9.17) is 4.98 Å². The molecule has 0 fully saturated rings. The first-order chi connectivity index (χ1) is 18.3. The van der Waals surface area contributed by atoms with Gasteiger partial charge in [-0.25, -0.2) is 15.0 Å². The maximum Gasteiger partial charge on any atom is 0.141 e. The summed E-state index contributed by atoms with van der Waals surface area (Å²) < 4.78 is 1.98. The van der Waals surface area contributed by atoms with Crippen molar-refractivity contribution in [3.63, 3.8) is 0 Å². The lowest BCUT2D eigenvalue weighted by atomic mass is 10.0. The third-order valence-corrected chi connectivity index (χ3v) is 8.01. The Kier molecular flexibility index (Phi) is 8.82. The third-order valence-electron chi connectivity index (χ3n) is 6.42. The standard InChI is InChI=1S/C29H32N6S2/c1-2-3-4-5-6-7-8-9-16-35-21-27(33-34-35)23-12-10-22(11-13-23)24-19-25(28-30-14-17-36-28)32-26(20-24)29-31-15-18-37-29/h10-15,17-21H,2-9,16H2,1H3. The fourth-order valence-corrected chi connectivity index (χ4v) is 5.59. The quantitative estimate of drug-likeness (QED) is 0.144. The Morgan fingerprint density at radius 3 is 1.86 bits per heavy atom. The Bertz CT molecular complexity index is 1310. The smallest absolute Gasteiger partial charge is 0.141 e. The zero-order chi connectivity index (χ0) is 25.3. The molecule has 0 saturated carbocycles. The van der Waals surface area contributed by atoms with Crippen LogP contribution in [-0.2, 0) is 6.54 Å². The minimum atomic E-state index is 0.866. The molecule has 0 atom stereocenters. The van der Waals surface area contributed by atoms with Crippen molar-refractivity contribution in [2.45, 2.75) is 64.8 Å². The second-order valence-electron chi connectivity index (χ2n) is 9.22. The highest BCUT2D eigenvalue weighted by atomic mass is 32.1. The summed E-state index contributed by atoms with van der Waals surface area (Å²) >= 11 is 3.18. The van der Waals surface area contributed by atoms with Crippen molar-refractivity contribution in [3.8, 4) is 43.8 Å². The molecule has 5 aromatic rings. The van der Waals surface area contributed by atoms with Gasteiger partial charge in [0.05, 0.1) is 6.20 Å². The van der Waals surface area contributed by atoms with Gasteiger partial charge in [0.2, 0.25) is 0 Å². The van der Waals surface area contributed by atoms with Crippen molar-refractivity contribution in [1.82, 2.24) is 29.9 Å². The number of aryl methyl sites for hydroxylation is 1. The number of rotatable bonds is 13. The van der Waals surface area contributed by atoms with E-state index in [-0.39, 0.29) is 0 Å². The number of thiazole rings is 2. The van der Waals surface area contributed by atoms with Crippen LogP contribution in [0, 0.1) is 0 Å². The average molecular weight is 529 g/mol. The van der Waals surface area contributed by atoms with Gasteiger partial charge in [-0.15, -0.1) is 27.8 Å². The van der Waals surface area contributed by atoms with Gasteiger partial charge >= 0.3 is 0 Å². The van der Waals surface area contributed by atoms with Gasteiger partial charge in [0.15, 0.2) is 0 Å². The summed E-state index contributed by atoms with van der Waals surface area (Å²) in [6.45, 7) is 3.19. The van der Waals surface area contributed by atoms with Crippen molar-refractivity contribution in [1.29, 1.82) is 0 Å². The summed E-state index contributed by atoms with van der Waals surface area (Å²) in [5.41, 5.74) is 5.92. The molecule has 1 aromatic carbocycles. The number of hydrogen-bond acceptors (Lipinski definition) is 7. The van der Waals surface area contributed by atoms with E-state index >= 15 is 0 Å². The molecule has 190 valence electrons. The molecule has 0 N–H and O–H groups in total. The average Bonchev–Trinajstić information content (AvgIpc) is 3.73. The molecule has 8 heteroatoms. The summed E-state index contributed by atoms with van der Waals surface area (Å²) in [6.07, 6.45) is 16.2.